The van der Waals surface area contributed by atoms with Crippen molar-refractivity contribution in [2.45, 2.75) is 90.6 Å². The third-order valence-corrected chi connectivity index (χ3v) is 6.14. The molecular weight excluding hydrogens is 311 g/mol. The lowest BCUT2D eigenvalue weighted by atomic mass is 9.71. The van der Waals surface area contributed by atoms with Crippen LogP contribution in [0.4, 0.5) is 4.39 Å². The average Bonchev–Trinajstić information content (AvgIpc) is 2.62. The highest BCUT2D eigenvalue weighted by molar-refractivity contribution is 5.26. The lowest BCUT2D eigenvalue weighted by molar-refractivity contribution is 0.148. The minimum atomic E-state index is -0.765. The van der Waals surface area contributed by atoms with E-state index in [-0.39, 0.29) is 5.75 Å². The van der Waals surface area contributed by atoms with Gasteiger partial charge in [-0.05, 0) is 54.7 Å². The SMILES string of the molecule is CCCCC1CCC(C(CCC)CC(F)Cc2ccc(O)cc2)CC1. The highest BCUT2D eigenvalue weighted by Crippen LogP contribution is 2.39. The highest BCUT2D eigenvalue weighted by atomic mass is 19.1. The Balaban J connectivity index is 1.82. The Hall–Kier alpha value is -1.05. The van der Waals surface area contributed by atoms with Crippen molar-refractivity contribution in [2.24, 2.45) is 17.8 Å². The van der Waals surface area contributed by atoms with E-state index < -0.39 is 6.17 Å². The van der Waals surface area contributed by atoms with Crippen LogP contribution in [0.2, 0.25) is 0 Å². The molecule has 2 unspecified atom stereocenters. The summed E-state index contributed by atoms with van der Waals surface area (Å²) in [5.41, 5.74) is 0.990. The quantitative estimate of drug-likeness (QED) is 0.479. The maximum Gasteiger partial charge on any atom is 0.115 e. The maximum atomic E-state index is 14.7. The van der Waals surface area contributed by atoms with E-state index in [0.29, 0.717) is 18.8 Å². The Labute approximate surface area is 154 Å². The van der Waals surface area contributed by atoms with E-state index in [4.69, 9.17) is 0 Å². The van der Waals surface area contributed by atoms with Crippen molar-refractivity contribution in [3.8, 4) is 5.75 Å². The maximum absolute atomic E-state index is 14.7. The van der Waals surface area contributed by atoms with E-state index in [1.54, 1.807) is 12.1 Å². The third-order valence-electron chi connectivity index (χ3n) is 6.14. The lowest BCUT2D eigenvalue weighted by Crippen LogP contribution is -2.25. The van der Waals surface area contributed by atoms with Crippen LogP contribution in [0.3, 0.4) is 0 Å². The van der Waals surface area contributed by atoms with Gasteiger partial charge in [0.15, 0.2) is 0 Å². The first-order chi connectivity index (χ1) is 12.1. The first kappa shape index (κ1) is 20.3. The Morgan fingerprint density at radius 3 is 2.32 bits per heavy atom. The molecule has 1 saturated carbocycles. The van der Waals surface area contributed by atoms with E-state index in [1.165, 1.54) is 51.4 Å². The van der Waals surface area contributed by atoms with Crippen molar-refractivity contribution in [1.82, 2.24) is 0 Å². The summed E-state index contributed by atoms with van der Waals surface area (Å²) in [6, 6.07) is 7.00. The molecule has 0 saturated heterocycles. The summed E-state index contributed by atoms with van der Waals surface area (Å²) in [6.45, 7) is 4.51. The van der Waals surface area contributed by atoms with Gasteiger partial charge in [0.1, 0.15) is 11.9 Å². The third kappa shape index (κ3) is 6.99. The van der Waals surface area contributed by atoms with Gasteiger partial charge in [0, 0.05) is 6.42 Å². The molecule has 0 heterocycles. The van der Waals surface area contributed by atoms with E-state index in [2.05, 4.69) is 13.8 Å². The fourth-order valence-corrected chi connectivity index (χ4v) is 4.66. The Kier molecular flexibility index (Phi) is 8.78. The van der Waals surface area contributed by atoms with Crippen molar-refractivity contribution in [3.05, 3.63) is 29.8 Å². The second-order valence-corrected chi connectivity index (χ2v) is 8.18. The van der Waals surface area contributed by atoms with Crippen LogP contribution in [-0.4, -0.2) is 11.3 Å². The number of unbranched alkanes of at least 4 members (excludes halogenated alkanes) is 1. The summed E-state index contributed by atoms with van der Waals surface area (Å²) >= 11 is 0. The first-order valence-electron chi connectivity index (χ1n) is 10.5. The van der Waals surface area contributed by atoms with Crippen molar-refractivity contribution in [1.29, 1.82) is 0 Å². The Bertz CT molecular complexity index is 461. The van der Waals surface area contributed by atoms with Crippen molar-refractivity contribution in [2.75, 3.05) is 0 Å². The van der Waals surface area contributed by atoms with Crippen LogP contribution in [0.15, 0.2) is 24.3 Å². The summed E-state index contributed by atoms with van der Waals surface area (Å²) in [6.07, 6.45) is 12.2. The molecular formula is C23H37FO. The molecule has 1 nitrogen and oxygen atoms in total. The normalized spacial score (nSPS) is 23.3. The van der Waals surface area contributed by atoms with E-state index in [1.807, 2.05) is 12.1 Å². The molecule has 142 valence electrons. The Morgan fingerprint density at radius 1 is 1.04 bits per heavy atom. The van der Waals surface area contributed by atoms with Gasteiger partial charge >= 0.3 is 0 Å². The summed E-state index contributed by atoms with van der Waals surface area (Å²) in [5, 5.41) is 9.36. The molecule has 0 radical (unpaired) electrons. The molecule has 25 heavy (non-hydrogen) atoms. The zero-order chi connectivity index (χ0) is 18.1. The molecule has 1 N–H and O–H groups in total. The van der Waals surface area contributed by atoms with Gasteiger partial charge in [-0.2, -0.15) is 0 Å². The topological polar surface area (TPSA) is 20.2 Å². The molecule has 1 aliphatic carbocycles. The molecule has 0 spiro atoms. The average molecular weight is 349 g/mol. The van der Waals surface area contributed by atoms with Crippen LogP contribution in [0, 0.1) is 17.8 Å². The van der Waals surface area contributed by atoms with Gasteiger partial charge in [-0.1, -0.05) is 70.9 Å². The predicted octanol–water partition coefficient (Wildman–Crippen LogP) is 7.08. The number of rotatable bonds is 10. The van der Waals surface area contributed by atoms with Gasteiger partial charge in [0.2, 0.25) is 0 Å². The van der Waals surface area contributed by atoms with Gasteiger partial charge in [-0.15, -0.1) is 0 Å². The van der Waals surface area contributed by atoms with Crippen molar-refractivity contribution in [3.63, 3.8) is 0 Å². The largest absolute Gasteiger partial charge is 0.508 e. The van der Waals surface area contributed by atoms with Gasteiger partial charge in [0.25, 0.3) is 0 Å². The van der Waals surface area contributed by atoms with Crippen LogP contribution >= 0.6 is 0 Å². The van der Waals surface area contributed by atoms with E-state index in [9.17, 15) is 9.50 Å². The number of benzene rings is 1. The van der Waals surface area contributed by atoms with Crippen LogP contribution in [-0.2, 0) is 6.42 Å². The first-order valence-corrected chi connectivity index (χ1v) is 10.5. The van der Waals surface area contributed by atoms with Crippen LogP contribution < -0.4 is 0 Å². The fraction of sp³-hybridized carbons (Fsp3) is 0.739. The van der Waals surface area contributed by atoms with Crippen LogP contribution in [0.25, 0.3) is 0 Å². The molecule has 1 aromatic rings. The number of halogens is 1. The fourth-order valence-electron chi connectivity index (χ4n) is 4.66. The van der Waals surface area contributed by atoms with Crippen LogP contribution in [0.5, 0.6) is 5.75 Å². The predicted molar refractivity (Wildman–Crippen MR) is 105 cm³/mol. The molecule has 2 heteroatoms. The second-order valence-electron chi connectivity index (χ2n) is 8.18. The number of hydrogen-bond donors (Lipinski definition) is 1. The molecule has 1 aliphatic rings. The van der Waals surface area contributed by atoms with Gasteiger partial charge in [0.05, 0.1) is 0 Å². The van der Waals surface area contributed by atoms with Crippen LogP contribution in [0.1, 0.15) is 83.6 Å². The standard InChI is InChI=1S/C23H37FO/c1-3-5-7-18-8-12-20(13-9-18)21(6-4-2)17-22(24)16-19-10-14-23(25)15-11-19/h10-11,14-15,18,20-22,25H,3-9,12-13,16-17H2,1-2H3. The minimum absolute atomic E-state index is 0.253. The number of phenolic OH excluding ortho intramolecular Hbond substituents is 1. The number of hydrogen-bond acceptors (Lipinski definition) is 1. The van der Waals surface area contributed by atoms with Crippen molar-refractivity contribution >= 4 is 0 Å². The molecule has 2 rings (SSSR count). The zero-order valence-corrected chi connectivity index (χ0v) is 16.2. The van der Waals surface area contributed by atoms with Crippen molar-refractivity contribution < 1.29 is 9.50 Å². The summed E-state index contributed by atoms with van der Waals surface area (Å²) in [5.74, 6) is 2.46. The molecule has 1 fully saturated rings. The number of alkyl halides is 1. The summed E-state index contributed by atoms with van der Waals surface area (Å²) in [4.78, 5) is 0. The number of aromatic hydroxyl groups is 1. The molecule has 0 amide bonds. The smallest absolute Gasteiger partial charge is 0.115 e. The second kappa shape index (κ2) is 10.8. The highest BCUT2D eigenvalue weighted by Gasteiger charge is 2.28. The lowest BCUT2D eigenvalue weighted by Gasteiger charge is -2.34. The van der Waals surface area contributed by atoms with Gasteiger partial charge in [-0.25, -0.2) is 4.39 Å². The molecule has 0 bridgehead atoms. The number of phenols is 1. The summed E-state index contributed by atoms with van der Waals surface area (Å²) < 4.78 is 14.7. The minimum Gasteiger partial charge on any atom is -0.508 e. The monoisotopic (exact) mass is 348 g/mol. The van der Waals surface area contributed by atoms with Gasteiger partial charge in [-0.3, -0.25) is 0 Å². The molecule has 0 aliphatic heterocycles. The zero-order valence-electron chi connectivity index (χ0n) is 16.2. The molecule has 1 aromatic carbocycles. The summed E-state index contributed by atoms with van der Waals surface area (Å²) in [7, 11) is 0. The molecule has 2 atom stereocenters. The van der Waals surface area contributed by atoms with E-state index >= 15 is 0 Å². The Morgan fingerprint density at radius 2 is 1.72 bits per heavy atom. The molecule has 0 aromatic heterocycles. The van der Waals surface area contributed by atoms with Gasteiger partial charge < -0.3 is 5.11 Å². The van der Waals surface area contributed by atoms with E-state index in [0.717, 1.165) is 23.8 Å².